The minimum absolute atomic E-state index is 0.789. The van der Waals surface area contributed by atoms with Gasteiger partial charge in [0.1, 0.15) is 0 Å². The van der Waals surface area contributed by atoms with Gasteiger partial charge in [-0.2, -0.15) is 0 Å². The molecule has 2 nitrogen and oxygen atoms in total. The molecule has 2 atom stereocenters. The largest absolute Gasteiger partial charge is 0.328 e. The summed E-state index contributed by atoms with van der Waals surface area (Å²) >= 11 is 0. The molecular weight excluding hydrogens is 176 g/mol. The lowest BCUT2D eigenvalue weighted by Crippen LogP contribution is -2.65. The molecule has 80 valence electrons. The van der Waals surface area contributed by atoms with E-state index in [2.05, 4.69) is 51.8 Å². The Morgan fingerprint density at radius 3 is 1.38 bits per heavy atom. The molecule has 0 aromatic carbocycles. The molecule has 0 saturated heterocycles. The van der Waals surface area contributed by atoms with E-state index in [0.29, 0.717) is 0 Å². The van der Waals surface area contributed by atoms with Crippen LogP contribution in [0.4, 0.5) is 0 Å². The van der Waals surface area contributed by atoms with E-state index in [-0.39, 0.29) is 0 Å². The van der Waals surface area contributed by atoms with Crippen molar-refractivity contribution in [2.24, 2.45) is 0 Å². The van der Waals surface area contributed by atoms with Gasteiger partial charge in [-0.25, -0.2) is 0 Å². The molecule has 0 radical (unpaired) electrons. The van der Waals surface area contributed by atoms with Crippen molar-refractivity contribution < 1.29 is 0 Å². The Bertz CT molecular complexity index is 123. The highest BCUT2D eigenvalue weighted by atomic mass is 28.3. The molecule has 0 fully saturated rings. The molecule has 0 rings (SSSR count). The van der Waals surface area contributed by atoms with Gasteiger partial charge in [-0.1, -0.05) is 40.5 Å². The maximum absolute atomic E-state index is 3.59. The van der Waals surface area contributed by atoms with Crippen LogP contribution in [0.1, 0.15) is 40.5 Å². The lowest BCUT2D eigenvalue weighted by Gasteiger charge is -2.40. The summed E-state index contributed by atoms with van der Waals surface area (Å²) in [7, 11) is 2.77. The van der Waals surface area contributed by atoms with E-state index >= 15 is 0 Å². The third-order valence-electron chi connectivity index (χ3n) is 3.61. The topological polar surface area (TPSA) is 24.1 Å². The molecule has 0 bridgehead atoms. The Hall–Kier alpha value is 0.137. The fourth-order valence-electron chi connectivity index (χ4n) is 2.24. The van der Waals surface area contributed by atoms with Gasteiger partial charge in [0.05, 0.1) is 0 Å². The van der Waals surface area contributed by atoms with Crippen molar-refractivity contribution in [2.75, 3.05) is 14.1 Å². The summed E-state index contributed by atoms with van der Waals surface area (Å²) in [5.41, 5.74) is 1.58. The molecule has 2 unspecified atom stereocenters. The zero-order valence-electron chi connectivity index (χ0n) is 10.1. The molecule has 0 aliphatic heterocycles. The predicted molar refractivity (Wildman–Crippen MR) is 63.3 cm³/mol. The first-order chi connectivity index (χ1) is 6.08. The average molecular weight is 202 g/mol. The van der Waals surface area contributed by atoms with Crippen LogP contribution in [-0.4, -0.2) is 22.5 Å². The van der Waals surface area contributed by atoms with E-state index in [0.717, 1.165) is 11.1 Å². The normalized spacial score (nSPS) is 17.1. The molecule has 3 heteroatoms. The zero-order valence-corrected chi connectivity index (χ0v) is 11.1. The molecular formula is C10H26N2Si. The minimum Gasteiger partial charge on any atom is -0.328 e. The Morgan fingerprint density at radius 1 is 0.923 bits per heavy atom. The lowest BCUT2D eigenvalue weighted by atomic mass is 10.3. The Kier molecular flexibility index (Phi) is 5.84. The van der Waals surface area contributed by atoms with Crippen molar-refractivity contribution >= 4 is 8.40 Å². The molecule has 0 aliphatic carbocycles. The highest BCUT2D eigenvalue weighted by molar-refractivity contribution is 6.77. The molecule has 0 aromatic heterocycles. The van der Waals surface area contributed by atoms with Gasteiger partial charge in [-0.15, -0.1) is 0 Å². The maximum Gasteiger partial charge on any atom is 0.206 e. The second-order valence-electron chi connectivity index (χ2n) is 3.99. The molecule has 0 aliphatic rings. The number of hydrogen-bond donors (Lipinski definition) is 2. The molecule has 0 spiro atoms. The third kappa shape index (κ3) is 2.54. The van der Waals surface area contributed by atoms with Crippen LogP contribution < -0.4 is 9.96 Å². The highest BCUT2D eigenvalue weighted by Gasteiger charge is 2.40. The van der Waals surface area contributed by atoms with E-state index in [9.17, 15) is 0 Å². The van der Waals surface area contributed by atoms with E-state index in [1.54, 1.807) is 0 Å². The third-order valence-corrected chi connectivity index (χ3v) is 9.19. The van der Waals surface area contributed by atoms with Crippen molar-refractivity contribution in [2.45, 2.75) is 51.6 Å². The molecule has 2 N–H and O–H groups in total. The highest BCUT2D eigenvalue weighted by Crippen LogP contribution is 2.31. The maximum atomic E-state index is 3.59. The van der Waals surface area contributed by atoms with E-state index in [4.69, 9.17) is 0 Å². The first-order valence-electron chi connectivity index (χ1n) is 5.46. The van der Waals surface area contributed by atoms with Crippen LogP contribution in [0.2, 0.25) is 11.1 Å². The average Bonchev–Trinajstić information content (AvgIpc) is 2.19. The van der Waals surface area contributed by atoms with Crippen LogP contribution >= 0.6 is 0 Å². The molecule has 0 amide bonds. The summed E-state index contributed by atoms with van der Waals surface area (Å²) in [5.74, 6) is 0. The summed E-state index contributed by atoms with van der Waals surface area (Å²) in [4.78, 5) is 7.19. The quantitative estimate of drug-likeness (QED) is 0.647. The van der Waals surface area contributed by atoms with Gasteiger partial charge < -0.3 is 9.96 Å². The van der Waals surface area contributed by atoms with Gasteiger partial charge in [0.15, 0.2) is 0 Å². The van der Waals surface area contributed by atoms with Crippen molar-refractivity contribution in [1.29, 1.82) is 0 Å². The fourth-order valence-corrected chi connectivity index (χ4v) is 6.72. The number of nitrogens with one attached hydrogen (secondary N) is 2. The predicted octanol–water partition coefficient (Wildman–Crippen LogP) is 2.47. The van der Waals surface area contributed by atoms with Crippen LogP contribution in [0.15, 0.2) is 0 Å². The molecule has 0 saturated carbocycles. The van der Waals surface area contributed by atoms with Gasteiger partial charge in [0, 0.05) is 0 Å². The monoisotopic (exact) mass is 202 g/mol. The fraction of sp³-hybridized carbons (Fsp3) is 1.00. The first kappa shape index (κ1) is 13.1. The SMILES string of the molecule is CCC(C)[Si](NC)(NC)C(C)CC. The van der Waals surface area contributed by atoms with Crippen molar-refractivity contribution in [3.8, 4) is 0 Å². The summed E-state index contributed by atoms with van der Waals surface area (Å²) in [5, 5.41) is 0. The van der Waals surface area contributed by atoms with Gasteiger partial charge in [-0.05, 0) is 25.2 Å². The van der Waals surface area contributed by atoms with Gasteiger partial charge in [0.25, 0.3) is 0 Å². The number of rotatable bonds is 6. The molecule has 0 heterocycles. The van der Waals surface area contributed by atoms with E-state index in [1.807, 2.05) is 0 Å². The van der Waals surface area contributed by atoms with Crippen LogP contribution in [0, 0.1) is 0 Å². The van der Waals surface area contributed by atoms with Gasteiger partial charge in [-0.3, -0.25) is 0 Å². The van der Waals surface area contributed by atoms with Crippen LogP contribution in [-0.2, 0) is 0 Å². The van der Waals surface area contributed by atoms with Crippen LogP contribution in [0.25, 0.3) is 0 Å². The Balaban J connectivity index is 4.67. The molecule has 0 aromatic rings. The summed E-state index contributed by atoms with van der Waals surface area (Å²) in [6.45, 7) is 9.30. The van der Waals surface area contributed by atoms with E-state index in [1.165, 1.54) is 12.8 Å². The standard InChI is InChI=1S/C10H26N2Si/c1-7-9(3)13(11-5,12-6)10(4)8-2/h9-12H,7-8H2,1-6H3. The Labute approximate surface area is 84.7 Å². The second-order valence-corrected chi connectivity index (χ2v) is 8.70. The first-order valence-corrected chi connectivity index (χ1v) is 7.62. The zero-order chi connectivity index (χ0) is 10.5. The summed E-state index contributed by atoms with van der Waals surface area (Å²) in [6, 6.07) is 0. The lowest BCUT2D eigenvalue weighted by molar-refractivity contribution is 0.693. The molecule has 13 heavy (non-hydrogen) atoms. The van der Waals surface area contributed by atoms with E-state index < -0.39 is 8.40 Å². The second kappa shape index (κ2) is 5.78. The van der Waals surface area contributed by atoms with Crippen molar-refractivity contribution in [3.63, 3.8) is 0 Å². The summed E-state index contributed by atoms with van der Waals surface area (Å²) < 4.78 is 0. The van der Waals surface area contributed by atoms with Crippen molar-refractivity contribution in [3.05, 3.63) is 0 Å². The smallest absolute Gasteiger partial charge is 0.206 e. The van der Waals surface area contributed by atoms with Crippen molar-refractivity contribution in [1.82, 2.24) is 9.96 Å². The Morgan fingerprint density at radius 2 is 1.23 bits per heavy atom. The number of hydrogen-bond acceptors (Lipinski definition) is 2. The summed E-state index contributed by atoms with van der Waals surface area (Å²) in [6.07, 6.45) is 2.52. The van der Waals surface area contributed by atoms with Gasteiger partial charge in [0.2, 0.25) is 8.40 Å². The minimum atomic E-state index is -1.45. The van der Waals surface area contributed by atoms with Crippen LogP contribution in [0.3, 0.4) is 0 Å². The van der Waals surface area contributed by atoms with Gasteiger partial charge >= 0.3 is 0 Å². The van der Waals surface area contributed by atoms with Crippen LogP contribution in [0.5, 0.6) is 0 Å².